The summed E-state index contributed by atoms with van der Waals surface area (Å²) in [6.45, 7) is 4.82. The topological polar surface area (TPSA) is 51.5 Å². The van der Waals surface area contributed by atoms with Gasteiger partial charge in [-0.05, 0) is 19.1 Å². The molecule has 0 aliphatic rings. The van der Waals surface area contributed by atoms with Crippen LogP contribution in [0.15, 0.2) is 18.3 Å². The van der Waals surface area contributed by atoms with E-state index in [0.29, 0.717) is 12.2 Å². The summed E-state index contributed by atoms with van der Waals surface area (Å²) in [5, 5.41) is 0. The number of aromatic nitrogens is 1. The average molecular weight is 252 g/mol. The highest BCUT2D eigenvalue weighted by Gasteiger charge is 2.21. The maximum absolute atomic E-state index is 12.2. The number of esters is 1. The second-order valence-corrected chi connectivity index (χ2v) is 4.29. The van der Waals surface area contributed by atoms with Crippen molar-refractivity contribution in [2.45, 2.75) is 20.4 Å². The fourth-order valence-electron chi connectivity index (χ4n) is 1.85. The van der Waals surface area contributed by atoms with Crippen LogP contribution < -0.4 is 0 Å². The van der Waals surface area contributed by atoms with Crippen LogP contribution >= 0.6 is 0 Å². The van der Waals surface area contributed by atoms with Gasteiger partial charge >= 0.3 is 5.97 Å². The Morgan fingerprint density at radius 2 is 2.17 bits per heavy atom. The molecule has 0 radical (unpaired) electrons. The van der Waals surface area contributed by atoms with Gasteiger partial charge < -0.3 is 14.2 Å². The van der Waals surface area contributed by atoms with E-state index in [4.69, 9.17) is 0 Å². The number of ether oxygens (including phenoxy) is 1. The van der Waals surface area contributed by atoms with Gasteiger partial charge in [-0.15, -0.1) is 0 Å². The smallest absolute Gasteiger partial charge is 0.310 e. The fraction of sp³-hybridized carbons (Fsp3) is 0.538. The lowest BCUT2D eigenvalue weighted by Crippen LogP contribution is -2.35. The van der Waals surface area contributed by atoms with Crippen molar-refractivity contribution in [2.75, 3.05) is 20.7 Å². The molecule has 1 heterocycles. The standard InChI is InChI=1S/C13H20N2O3/c1-5-15-8-6-7-11(15)12(16)14(3)9-10(2)13(17)18-4/h6-8,10H,5,9H2,1-4H3. The highest BCUT2D eigenvalue weighted by Crippen LogP contribution is 2.08. The van der Waals surface area contributed by atoms with Gasteiger partial charge in [0, 0.05) is 26.3 Å². The molecule has 5 nitrogen and oxygen atoms in total. The molecule has 0 saturated carbocycles. The summed E-state index contributed by atoms with van der Waals surface area (Å²) in [5.41, 5.74) is 0.636. The van der Waals surface area contributed by atoms with Crippen molar-refractivity contribution >= 4 is 11.9 Å². The Morgan fingerprint density at radius 3 is 2.72 bits per heavy atom. The third-order valence-electron chi connectivity index (χ3n) is 2.89. The first-order valence-electron chi connectivity index (χ1n) is 5.99. The lowest BCUT2D eigenvalue weighted by atomic mass is 10.1. The molecular weight excluding hydrogens is 232 g/mol. The maximum atomic E-state index is 12.2. The lowest BCUT2D eigenvalue weighted by molar-refractivity contribution is -0.145. The minimum Gasteiger partial charge on any atom is -0.469 e. The Kier molecular flexibility index (Phi) is 4.95. The molecule has 0 fully saturated rings. The Morgan fingerprint density at radius 1 is 1.50 bits per heavy atom. The number of hydrogen-bond donors (Lipinski definition) is 0. The fourth-order valence-corrected chi connectivity index (χ4v) is 1.85. The predicted molar refractivity (Wildman–Crippen MR) is 68.2 cm³/mol. The predicted octanol–water partition coefficient (Wildman–Crippen LogP) is 1.39. The number of carbonyl (C=O) groups is 2. The zero-order valence-electron chi connectivity index (χ0n) is 11.3. The van der Waals surface area contributed by atoms with Crippen molar-refractivity contribution in [2.24, 2.45) is 5.92 Å². The van der Waals surface area contributed by atoms with Crippen LogP contribution in [0.25, 0.3) is 0 Å². The van der Waals surface area contributed by atoms with Gasteiger partial charge in [0.1, 0.15) is 5.69 Å². The molecule has 0 saturated heterocycles. The number of amides is 1. The zero-order valence-corrected chi connectivity index (χ0v) is 11.3. The summed E-state index contributed by atoms with van der Waals surface area (Å²) in [6.07, 6.45) is 1.87. The van der Waals surface area contributed by atoms with Crippen molar-refractivity contribution in [1.29, 1.82) is 0 Å². The second kappa shape index (κ2) is 6.23. The van der Waals surface area contributed by atoms with Crippen LogP contribution in [0.3, 0.4) is 0 Å². The minimum absolute atomic E-state index is 0.0856. The molecule has 1 aromatic heterocycles. The van der Waals surface area contributed by atoms with E-state index < -0.39 is 0 Å². The van der Waals surface area contributed by atoms with Gasteiger partial charge in [-0.25, -0.2) is 0 Å². The van der Waals surface area contributed by atoms with E-state index in [2.05, 4.69) is 4.74 Å². The lowest BCUT2D eigenvalue weighted by Gasteiger charge is -2.20. The highest BCUT2D eigenvalue weighted by molar-refractivity contribution is 5.92. The summed E-state index contributed by atoms with van der Waals surface area (Å²) in [6, 6.07) is 3.62. The molecule has 1 rings (SSSR count). The van der Waals surface area contributed by atoms with Gasteiger partial charge in [-0.1, -0.05) is 6.92 Å². The molecule has 100 valence electrons. The van der Waals surface area contributed by atoms with Gasteiger partial charge in [0.05, 0.1) is 13.0 Å². The van der Waals surface area contributed by atoms with E-state index in [0.717, 1.165) is 6.54 Å². The van der Waals surface area contributed by atoms with E-state index >= 15 is 0 Å². The van der Waals surface area contributed by atoms with Crippen molar-refractivity contribution in [3.63, 3.8) is 0 Å². The van der Waals surface area contributed by atoms with Crippen LogP contribution in [0.2, 0.25) is 0 Å². The number of rotatable bonds is 5. The molecule has 1 atom stereocenters. The van der Waals surface area contributed by atoms with Crippen LogP contribution in [0.1, 0.15) is 24.3 Å². The van der Waals surface area contributed by atoms with Crippen molar-refractivity contribution in [3.05, 3.63) is 24.0 Å². The van der Waals surface area contributed by atoms with Crippen LogP contribution in [0.5, 0.6) is 0 Å². The van der Waals surface area contributed by atoms with Crippen LogP contribution in [-0.4, -0.2) is 42.0 Å². The largest absolute Gasteiger partial charge is 0.469 e. The Bertz CT molecular complexity index is 426. The van der Waals surface area contributed by atoms with E-state index in [1.165, 1.54) is 7.11 Å². The number of methoxy groups -OCH3 is 1. The molecular formula is C13H20N2O3. The first kappa shape index (κ1) is 14.3. The Labute approximate surface area is 107 Å². The molecule has 18 heavy (non-hydrogen) atoms. The van der Waals surface area contributed by atoms with Crippen molar-refractivity contribution in [1.82, 2.24) is 9.47 Å². The quantitative estimate of drug-likeness (QED) is 0.744. The van der Waals surface area contributed by atoms with Crippen molar-refractivity contribution < 1.29 is 14.3 Å². The number of hydrogen-bond acceptors (Lipinski definition) is 3. The SMILES string of the molecule is CCn1cccc1C(=O)N(C)CC(C)C(=O)OC. The zero-order chi connectivity index (χ0) is 13.7. The molecule has 5 heteroatoms. The molecule has 1 amide bonds. The van der Waals surface area contributed by atoms with Gasteiger partial charge in [-0.3, -0.25) is 9.59 Å². The molecule has 0 spiro atoms. The molecule has 0 bridgehead atoms. The monoisotopic (exact) mass is 252 g/mol. The van der Waals surface area contributed by atoms with Gasteiger partial charge in [0.2, 0.25) is 0 Å². The van der Waals surface area contributed by atoms with Gasteiger partial charge in [-0.2, -0.15) is 0 Å². The molecule has 1 unspecified atom stereocenters. The van der Waals surface area contributed by atoms with E-state index in [-0.39, 0.29) is 17.8 Å². The van der Waals surface area contributed by atoms with E-state index in [1.54, 1.807) is 24.9 Å². The van der Waals surface area contributed by atoms with Crippen LogP contribution in [0.4, 0.5) is 0 Å². The van der Waals surface area contributed by atoms with Crippen molar-refractivity contribution in [3.8, 4) is 0 Å². The van der Waals surface area contributed by atoms with Crippen LogP contribution in [0, 0.1) is 5.92 Å². The van der Waals surface area contributed by atoms with Crippen LogP contribution in [-0.2, 0) is 16.1 Å². The highest BCUT2D eigenvalue weighted by atomic mass is 16.5. The summed E-state index contributed by atoms with van der Waals surface area (Å²) in [4.78, 5) is 25.0. The maximum Gasteiger partial charge on any atom is 0.310 e. The average Bonchev–Trinajstić information content (AvgIpc) is 2.84. The molecule has 1 aromatic rings. The first-order chi connectivity index (χ1) is 8.51. The number of nitrogens with zero attached hydrogens (tertiary/aromatic N) is 2. The first-order valence-corrected chi connectivity index (χ1v) is 5.99. The van der Waals surface area contributed by atoms with E-state index in [9.17, 15) is 9.59 Å². The van der Waals surface area contributed by atoms with Gasteiger partial charge in [0.25, 0.3) is 5.91 Å². The number of carbonyl (C=O) groups excluding carboxylic acids is 2. The molecule has 0 aromatic carbocycles. The summed E-state index contributed by atoms with van der Waals surface area (Å²) >= 11 is 0. The third-order valence-corrected chi connectivity index (χ3v) is 2.89. The summed E-state index contributed by atoms with van der Waals surface area (Å²) in [5.74, 6) is -0.716. The molecule has 0 N–H and O–H groups in total. The second-order valence-electron chi connectivity index (χ2n) is 4.29. The summed E-state index contributed by atoms with van der Waals surface area (Å²) < 4.78 is 6.52. The molecule has 0 aliphatic carbocycles. The number of aryl methyl sites for hydroxylation is 1. The van der Waals surface area contributed by atoms with E-state index in [1.807, 2.05) is 23.8 Å². The Hall–Kier alpha value is -1.78. The Balaban J connectivity index is 2.70. The third kappa shape index (κ3) is 3.12. The normalized spacial score (nSPS) is 12.0. The molecule has 0 aliphatic heterocycles. The minimum atomic E-state index is -0.325. The summed E-state index contributed by atoms with van der Waals surface area (Å²) in [7, 11) is 3.04. The van der Waals surface area contributed by atoms with Gasteiger partial charge in [0.15, 0.2) is 0 Å².